The van der Waals surface area contributed by atoms with E-state index in [1.54, 1.807) is 35.0 Å². The molecule has 1 aliphatic rings. The molecule has 0 radical (unpaired) electrons. The monoisotopic (exact) mass is 347 g/mol. The Morgan fingerprint density at radius 2 is 2.04 bits per heavy atom. The van der Waals surface area contributed by atoms with Crippen LogP contribution in [0.25, 0.3) is 0 Å². The van der Waals surface area contributed by atoms with Gasteiger partial charge in [0.2, 0.25) is 11.8 Å². The lowest BCUT2D eigenvalue weighted by molar-refractivity contribution is -0.145. The standard InChI is InChI=1S/C18H25N3O4/c1-4-25-12-17(23)21-9-8-20(13(2)22)11-16(21)14-6-5-7-15(10-14)18(24)19-3/h5-7,10,16H,4,8-9,11-12H2,1-3H3,(H,19,24)/t16-/m1/s1. The van der Waals surface area contributed by atoms with E-state index in [9.17, 15) is 14.4 Å². The molecule has 1 aromatic carbocycles. The van der Waals surface area contributed by atoms with Crippen molar-refractivity contribution in [3.63, 3.8) is 0 Å². The molecular formula is C18H25N3O4. The Morgan fingerprint density at radius 3 is 2.68 bits per heavy atom. The van der Waals surface area contributed by atoms with Crippen molar-refractivity contribution >= 4 is 17.7 Å². The lowest BCUT2D eigenvalue weighted by atomic mass is 9.99. The highest BCUT2D eigenvalue weighted by Crippen LogP contribution is 2.26. The smallest absolute Gasteiger partial charge is 0.251 e. The summed E-state index contributed by atoms with van der Waals surface area (Å²) in [6.07, 6.45) is 0. The number of benzene rings is 1. The number of amides is 3. The molecule has 0 spiro atoms. The van der Waals surface area contributed by atoms with Gasteiger partial charge in [0.05, 0.1) is 6.04 Å². The molecule has 1 aromatic rings. The molecule has 25 heavy (non-hydrogen) atoms. The minimum Gasteiger partial charge on any atom is -0.372 e. The van der Waals surface area contributed by atoms with Crippen molar-refractivity contribution in [3.8, 4) is 0 Å². The summed E-state index contributed by atoms with van der Waals surface area (Å²) in [7, 11) is 1.57. The van der Waals surface area contributed by atoms with Crippen molar-refractivity contribution in [3.05, 3.63) is 35.4 Å². The van der Waals surface area contributed by atoms with Crippen LogP contribution in [0.5, 0.6) is 0 Å². The molecule has 1 N–H and O–H groups in total. The second-order valence-corrected chi connectivity index (χ2v) is 5.91. The molecule has 0 bridgehead atoms. The van der Waals surface area contributed by atoms with Gasteiger partial charge in [-0.2, -0.15) is 0 Å². The minimum atomic E-state index is -0.296. The molecule has 0 aliphatic carbocycles. The van der Waals surface area contributed by atoms with Crippen LogP contribution in [0.4, 0.5) is 0 Å². The highest BCUT2D eigenvalue weighted by Gasteiger charge is 2.32. The Hall–Kier alpha value is -2.41. The predicted molar refractivity (Wildman–Crippen MR) is 93.0 cm³/mol. The zero-order valence-corrected chi connectivity index (χ0v) is 14.9. The van der Waals surface area contributed by atoms with Crippen LogP contribution in [0.3, 0.4) is 0 Å². The van der Waals surface area contributed by atoms with E-state index in [0.717, 1.165) is 5.56 Å². The van der Waals surface area contributed by atoms with Gasteiger partial charge < -0.3 is 19.9 Å². The lowest BCUT2D eigenvalue weighted by Crippen LogP contribution is -2.52. The molecule has 3 amide bonds. The van der Waals surface area contributed by atoms with E-state index in [4.69, 9.17) is 4.74 Å². The molecular weight excluding hydrogens is 322 g/mol. The fourth-order valence-electron chi connectivity index (χ4n) is 2.96. The van der Waals surface area contributed by atoms with Gasteiger partial charge in [-0.3, -0.25) is 14.4 Å². The van der Waals surface area contributed by atoms with Crippen molar-refractivity contribution in [2.75, 3.05) is 39.9 Å². The van der Waals surface area contributed by atoms with Crippen LogP contribution in [-0.2, 0) is 14.3 Å². The van der Waals surface area contributed by atoms with Crippen LogP contribution in [0.2, 0.25) is 0 Å². The molecule has 7 nitrogen and oxygen atoms in total. The van der Waals surface area contributed by atoms with Crippen LogP contribution >= 0.6 is 0 Å². The van der Waals surface area contributed by atoms with E-state index in [2.05, 4.69) is 5.32 Å². The van der Waals surface area contributed by atoms with E-state index < -0.39 is 0 Å². The summed E-state index contributed by atoms with van der Waals surface area (Å²) in [4.78, 5) is 39.6. The summed E-state index contributed by atoms with van der Waals surface area (Å²) in [6.45, 7) is 5.20. The van der Waals surface area contributed by atoms with Crippen LogP contribution in [-0.4, -0.2) is 67.4 Å². The van der Waals surface area contributed by atoms with Crippen molar-refractivity contribution in [1.82, 2.24) is 15.1 Å². The number of nitrogens with zero attached hydrogens (tertiary/aromatic N) is 2. The zero-order chi connectivity index (χ0) is 18.4. The van der Waals surface area contributed by atoms with E-state index in [-0.39, 0.29) is 30.4 Å². The lowest BCUT2D eigenvalue weighted by Gasteiger charge is -2.41. The Balaban J connectivity index is 2.30. The summed E-state index contributed by atoms with van der Waals surface area (Å²) in [6, 6.07) is 6.86. The number of carbonyl (C=O) groups excluding carboxylic acids is 3. The summed E-state index contributed by atoms with van der Waals surface area (Å²) in [5.74, 6) is -0.321. The summed E-state index contributed by atoms with van der Waals surface area (Å²) < 4.78 is 5.25. The van der Waals surface area contributed by atoms with Gasteiger partial charge >= 0.3 is 0 Å². The molecule has 0 aromatic heterocycles. The molecule has 1 heterocycles. The molecule has 2 rings (SSSR count). The Kier molecular flexibility index (Phi) is 6.52. The largest absolute Gasteiger partial charge is 0.372 e. The SMILES string of the molecule is CCOCC(=O)N1CCN(C(C)=O)C[C@@H]1c1cccc(C(=O)NC)c1. The quantitative estimate of drug-likeness (QED) is 0.855. The van der Waals surface area contributed by atoms with Gasteiger partial charge in [-0.1, -0.05) is 12.1 Å². The Labute approximate surface area is 147 Å². The summed E-state index contributed by atoms with van der Waals surface area (Å²) >= 11 is 0. The summed E-state index contributed by atoms with van der Waals surface area (Å²) in [5, 5.41) is 2.60. The van der Waals surface area contributed by atoms with Crippen molar-refractivity contribution in [1.29, 1.82) is 0 Å². The maximum Gasteiger partial charge on any atom is 0.251 e. The molecule has 1 aliphatic heterocycles. The normalized spacial score (nSPS) is 17.3. The second kappa shape index (κ2) is 8.62. The first-order valence-corrected chi connectivity index (χ1v) is 8.42. The average Bonchev–Trinajstić information content (AvgIpc) is 2.64. The zero-order valence-electron chi connectivity index (χ0n) is 14.9. The fraction of sp³-hybridized carbons (Fsp3) is 0.500. The number of hydrogen-bond acceptors (Lipinski definition) is 4. The first kappa shape index (κ1) is 18.9. The van der Waals surface area contributed by atoms with Crippen molar-refractivity contribution in [2.45, 2.75) is 19.9 Å². The number of ether oxygens (including phenoxy) is 1. The number of carbonyl (C=O) groups is 3. The van der Waals surface area contributed by atoms with E-state index >= 15 is 0 Å². The topological polar surface area (TPSA) is 79.0 Å². The van der Waals surface area contributed by atoms with Crippen LogP contribution in [0, 0.1) is 0 Å². The van der Waals surface area contributed by atoms with Gasteiger partial charge in [0.1, 0.15) is 6.61 Å². The van der Waals surface area contributed by atoms with Gasteiger partial charge in [0.25, 0.3) is 5.91 Å². The third kappa shape index (κ3) is 4.57. The maximum atomic E-state index is 12.5. The number of hydrogen-bond donors (Lipinski definition) is 1. The number of nitrogens with one attached hydrogen (secondary N) is 1. The van der Waals surface area contributed by atoms with Gasteiger partial charge in [-0.05, 0) is 24.6 Å². The first-order valence-electron chi connectivity index (χ1n) is 8.42. The van der Waals surface area contributed by atoms with Crippen LogP contribution in [0.15, 0.2) is 24.3 Å². The highest BCUT2D eigenvalue weighted by atomic mass is 16.5. The average molecular weight is 347 g/mol. The Bertz CT molecular complexity index is 647. The molecule has 136 valence electrons. The molecule has 1 fully saturated rings. The number of rotatable bonds is 5. The molecule has 1 atom stereocenters. The Morgan fingerprint density at radius 1 is 1.28 bits per heavy atom. The third-order valence-corrected chi connectivity index (χ3v) is 4.34. The van der Waals surface area contributed by atoms with E-state index in [0.29, 0.717) is 31.8 Å². The fourth-order valence-corrected chi connectivity index (χ4v) is 2.96. The van der Waals surface area contributed by atoms with Gasteiger partial charge in [-0.15, -0.1) is 0 Å². The van der Waals surface area contributed by atoms with Crippen molar-refractivity contribution in [2.24, 2.45) is 0 Å². The number of piperazine rings is 1. The van der Waals surface area contributed by atoms with E-state index in [1.807, 2.05) is 13.0 Å². The van der Waals surface area contributed by atoms with Crippen molar-refractivity contribution < 1.29 is 19.1 Å². The van der Waals surface area contributed by atoms with E-state index in [1.165, 1.54) is 6.92 Å². The molecule has 7 heteroatoms. The minimum absolute atomic E-state index is 0.0161. The highest BCUT2D eigenvalue weighted by molar-refractivity contribution is 5.94. The summed E-state index contributed by atoms with van der Waals surface area (Å²) in [5.41, 5.74) is 1.36. The van der Waals surface area contributed by atoms with Gasteiger partial charge in [0, 0.05) is 45.8 Å². The molecule has 1 saturated heterocycles. The third-order valence-electron chi connectivity index (χ3n) is 4.34. The molecule has 0 unspecified atom stereocenters. The predicted octanol–water partition coefficient (Wildman–Crippen LogP) is 0.814. The first-order chi connectivity index (χ1) is 12.0. The van der Waals surface area contributed by atoms with Crippen LogP contribution in [0.1, 0.15) is 35.8 Å². The van der Waals surface area contributed by atoms with Gasteiger partial charge in [-0.25, -0.2) is 0 Å². The second-order valence-electron chi connectivity index (χ2n) is 5.91. The molecule has 0 saturated carbocycles. The maximum absolute atomic E-state index is 12.5. The van der Waals surface area contributed by atoms with Gasteiger partial charge in [0.15, 0.2) is 0 Å². The van der Waals surface area contributed by atoms with Crippen LogP contribution < -0.4 is 5.32 Å².